The summed E-state index contributed by atoms with van der Waals surface area (Å²) < 4.78 is 8.06. The molecule has 0 radical (unpaired) electrons. The molecular formula is C27H35N9OS. The third kappa shape index (κ3) is 5.15. The Kier molecular flexibility index (Phi) is 7.33. The summed E-state index contributed by atoms with van der Waals surface area (Å²) in [7, 11) is 0. The largest absolute Gasteiger partial charge is 0.378 e. The molecule has 0 amide bonds. The van der Waals surface area contributed by atoms with Crippen molar-refractivity contribution in [2.45, 2.75) is 25.2 Å². The minimum absolute atomic E-state index is 0.260. The fourth-order valence-electron chi connectivity index (χ4n) is 5.36. The zero-order valence-electron chi connectivity index (χ0n) is 22.1. The predicted octanol–water partition coefficient (Wildman–Crippen LogP) is 3.00. The summed E-state index contributed by atoms with van der Waals surface area (Å²) in [5.41, 5.74) is 11.1. The lowest BCUT2D eigenvalue weighted by atomic mass is 10.1. The third-order valence-corrected chi connectivity index (χ3v) is 8.61. The number of rotatable bonds is 6. The Morgan fingerprint density at radius 2 is 1.74 bits per heavy atom. The molecule has 0 atom stereocenters. The molecule has 11 heteroatoms. The molecule has 6 rings (SSSR count). The lowest BCUT2D eigenvalue weighted by Crippen LogP contribution is -2.43. The summed E-state index contributed by atoms with van der Waals surface area (Å²) in [5, 5.41) is 0. The van der Waals surface area contributed by atoms with Gasteiger partial charge in [0.15, 0.2) is 0 Å². The monoisotopic (exact) mass is 533 g/mol. The van der Waals surface area contributed by atoms with E-state index in [9.17, 15) is 0 Å². The normalized spacial score (nSPS) is 18.7. The van der Waals surface area contributed by atoms with Gasteiger partial charge < -0.3 is 25.2 Å². The van der Waals surface area contributed by atoms with Crippen molar-refractivity contribution >= 4 is 35.3 Å². The molecule has 0 spiro atoms. The van der Waals surface area contributed by atoms with Crippen LogP contribution < -0.4 is 15.5 Å². The van der Waals surface area contributed by atoms with E-state index in [4.69, 9.17) is 20.4 Å². The molecule has 200 valence electrons. The van der Waals surface area contributed by atoms with Crippen molar-refractivity contribution in [3.8, 4) is 11.3 Å². The molecule has 3 aromatic rings. The number of morpholine rings is 1. The SMILES string of the molecule is CCN1CCN(Sc2ccc(N3CCc4c(-c5cnc(N)nc5)nc(N5CCOCC5)nc43)c(C)c2)CC1. The molecular weight excluding hydrogens is 498 g/mol. The van der Waals surface area contributed by atoms with Gasteiger partial charge in [0.05, 0.1) is 18.9 Å². The second kappa shape index (κ2) is 11.0. The third-order valence-electron chi connectivity index (χ3n) is 7.53. The molecule has 5 heterocycles. The Labute approximate surface area is 228 Å². The van der Waals surface area contributed by atoms with Crippen LogP contribution in [0.3, 0.4) is 0 Å². The fourth-order valence-corrected chi connectivity index (χ4v) is 6.36. The van der Waals surface area contributed by atoms with Gasteiger partial charge in [0.2, 0.25) is 11.9 Å². The Morgan fingerprint density at radius 1 is 0.974 bits per heavy atom. The van der Waals surface area contributed by atoms with Crippen LogP contribution in [-0.4, -0.2) is 94.7 Å². The molecule has 3 aliphatic rings. The van der Waals surface area contributed by atoms with E-state index < -0.39 is 0 Å². The van der Waals surface area contributed by atoms with E-state index in [1.807, 2.05) is 11.9 Å². The van der Waals surface area contributed by atoms with Crippen molar-refractivity contribution in [3.63, 3.8) is 0 Å². The van der Waals surface area contributed by atoms with Crippen molar-refractivity contribution in [2.24, 2.45) is 0 Å². The first kappa shape index (κ1) is 25.3. The molecule has 2 fully saturated rings. The maximum Gasteiger partial charge on any atom is 0.228 e. The molecule has 38 heavy (non-hydrogen) atoms. The number of hydrogen-bond acceptors (Lipinski definition) is 11. The summed E-state index contributed by atoms with van der Waals surface area (Å²) >= 11 is 1.87. The van der Waals surface area contributed by atoms with Gasteiger partial charge in [0.25, 0.3) is 0 Å². The van der Waals surface area contributed by atoms with Crippen LogP contribution in [-0.2, 0) is 11.2 Å². The second-order valence-electron chi connectivity index (χ2n) is 9.91. The van der Waals surface area contributed by atoms with Gasteiger partial charge in [-0.15, -0.1) is 0 Å². The second-order valence-corrected chi connectivity index (χ2v) is 11.1. The molecule has 0 bridgehead atoms. The van der Waals surface area contributed by atoms with Gasteiger partial charge >= 0.3 is 0 Å². The Morgan fingerprint density at radius 3 is 2.45 bits per heavy atom. The molecule has 10 nitrogen and oxygen atoms in total. The Hall–Kier alpha value is -2.99. The van der Waals surface area contributed by atoms with Gasteiger partial charge in [0.1, 0.15) is 5.82 Å². The number of hydrogen-bond donors (Lipinski definition) is 1. The topological polar surface area (TPSA) is 99.8 Å². The van der Waals surface area contributed by atoms with Gasteiger partial charge in [-0.3, -0.25) is 0 Å². The number of piperazine rings is 1. The Bertz CT molecular complexity index is 1270. The van der Waals surface area contributed by atoms with Crippen LogP contribution in [0.2, 0.25) is 0 Å². The van der Waals surface area contributed by atoms with Crippen molar-refractivity contribution in [1.29, 1.82) is 0 Å². The summed E-state index contributed by atoms with van der Waals surface area (Å²) in [6.07, 6.45) is 4.37. The van der Waals surface area contributed by atoms with E-state index in [0.29, 0.717) is 13.2 Å². The van der Waals surface area contributed by atoms with Gasteiger partial charge in [-0.2, -0.15) is 4.98 Å². The number of benzene rings is 1. The standard InChI is InChI=1S/C27H35N9OS/c1-3-33-8-10-35(11-9-33)38-21-4-5-23(19(2)16-21)36-7-6-22-24(20-17-29-26(28)30-18-20)31-27(32-25(22)36)34-12-14-37-15-13-34/h4-5,16-18H,3,6-15H2,1-2H3,(H2,28,29,30). The van der Waals surface area contributed by atoms with E-state index in [0.717, 1.165) is 87.4 Å². The average Bonchev–Trinajstić information content (AvgIpc) is 3.38. The lowest BCUT2D eigenvalue weighted by molar-refractivity contribution is 0.122. The summed E-state index contributed by atoms with van der Waals surface area (Å²) in [6.45, 7) is 13.8. The van der Waals surface area contributed by atoms with E-state index >= 15 is 0 Å². The van der Waals surface area contributed by atoms with Gasteiger partial charge in [0, 0.05) is 79.9 Å². The van der Waals surface area contributed by atoms with Gasteiger partial charge in [-0.1, -0.05) is 6.92 Å². The van der Waals surface area contributed by atoms with E-state index in [1.165, 1.54) is 16.1 Å². The summed E-state index contributed by atoms with van der Waals surface area (Å²) in [4.78, 5) is 26.9. The number of nitrogens with two attached hydrogens (primary N) is 1. The van der Waals surface area contributed by atoms with Crippen molar-refractivity contribution in [3.05, 3.63) is 41.7 Å². The summed E-state index contributed by atoms with van der Waals surface area (Å²) in [5.74, 6) is 1.95. The van der Waals surface area contributed by atoms with Crippen molar-refractivity contribution in [1.82, 2.24) is 29.1 Å². The first-order valence-corrected chi connectivity index (χ1v) is 14.2. The van der Waals surface area contributed by atoms with E-state index in [2.05, 4.69) is 61.0 Å². The van der Waals surface area contributed by atoms with Gasteiger partial charge in [-0.25, -0.2) is 19.3 Å². The zero-order valence-corrected chi connectivity index (χ0v) is 23.0. The molecule has 2 N–H and O–H groups in total. The van der Waals surface area contributed by atoms with Crippen molar-refractivity contribution in [2.75, 3.05) is 81.1 Å². The highest BCUT2D eigenvalue weighted by atomic mass is 32.2. The minimum atomic E-state index is 0.260. The van der Waals surface area contributed by atoms with E-state index in [-0.39, 0.29) is 5.95 Å². The van der Waals surface area contributed by atoms with Crippen LogP contribution in [0.1, 0.15) is 18.1 Å². The maximum atomic E-state index is 5.77. The summed E-state index contributed by atoms with van der Waals surface area (Å²) in [6, 6.07) is 6.80. The maximum absolute atomic E-state index is 5.77. The molecule has 0 saturated carbocycles. The Balaban J connectivity index is 1.30. The van der Waals surface area contributed by atoms with Crippen LogP contribution in [0.15, 0.2) is 35.5 Å². The zero-order chi connectivity index (χ0) is 26.1. The van der Waals surface area contributed by atoms with Crippen molar-refractivity contribution < 1.29 is 4.74 Å². The first-order chi connectivity index (χ1) is 18.6. The number of anilines is 4. The van der Waals surface area contributed by atoms with E-state index in [1.54, 1.807) is 12.4 Å². The quantitative estimate of drug-likeness (QED) is 0.473. The number of likely N-dealkylation sites (N-methyl/N-ethyl adjacent to an activating group) is 1. The van der Waals surface area contributed by atoms with Crippen LogP contribution in [0, 0.1) is 6.92 Å². The van der Waals surface area contributed by atoms with Crippen LogP contribution in [0.25, 0.3) is 11.3 Å². The molecule has 3 aliphatic heterocycles. The number of nitrogen functional groups attached to an aromatic ring is 1. The number of aryl methyl sites for hydroxylation is 1. The van der Waals surface area contributed by atoms with Crippen LogP contribution >= 0.6 is 11.9 Å². The number of fused-ring (bicyclic) bond motifs is 1. The molecule has 2 aromatic heterocycles. The van der Waals surface area contributed by atoms with Crippen LogP contribution in [0.4, 0.5) is 23.4 Å². The highest BCUT2D eigenvalue weighted by Gasteiger charge is 2.30. The lowest BCUT2D eigenvalue weighted by Gasteiger charge is -2.33. The highest BCUT2D eigenvalue weighted by Crippen LogP contribution is 2.41. The van der Waals surface area contributed by atoms with Gasteiger partial charge in [-0.05, 0) is 55.6 Å². The molecule has 0 aliphatic carbocycles. The first-order valence-electron chi connectivity index (χ1n) is 13.4. The fraction of sp³-hybridized carbons (Fsp3) is 0.481. The molecule has 1 aromatic carbocycles. The minimum Gasteiger partial charge on any atom is -0.378 e. The predicted molar refractivity (Wildman–Crippen MR) is 152 cm³/mol. The van der Waals surface area contributed by atoms with Crippen LogP contribution in [0.5, 0.6) is 0 Å². The smallest absolute Gasteiger partial charge is 0.228 e. The average molecular weight is 534 g/mol. The number of aromatic nitrogens is 4. The number of ether oxygens (including phenoxy) is 1. The number of nitrogens with zero attached hydrogens (tertiary/aromatic N) is 8. The molecule has 2 saturated heterocycles. The highest BCUT2D eigenvalue weighted by molar-refractivity contribution is 7.97. The molecule has 0 unspecified atom stereocenters.